The van der Waals surface area contributed by atoms with Crippen molar-refractivity contribution in [2.75, 3.05) is 23.7 Å². The summed E-state index contributed by atoms with van der Waals surface area (Å²) in [5, 5.41) is 5.64. The van der Waals surface area contributed by atoms with Crippen molar-refractivity contribution >= 4 is 23.9 Å². The first-order chi connectivity index (χ1) is 13.5. The Morgan fingerprint density at radius 3 is 2.68 bits per heavy atom. The van der Waals surface area contributed by atoms with E-state index >= 15 is 0 Å². The van der Waals surface area contributed by atoms with E-state index in [1.807, 2.05) is 4.90 Å². The van der Waals surface area contributed by atoms with E-state index in [1.165, 1.54) is 11.1 Å². The molecular weight excluding hydrogens is 368 g/mol. The fourth-order valence-corrected chi connectivity index (χ4v) is 3.55. The van der Waals surface area contributed by atoms with E-state index in [-0.39, 0.29) is 23.7 Å². The molecule has 8 nitrogen and oxygen atoms in total. The Labute approximate surface area is 160 Å². The molecule has 1 atom stereocenters. The predicted octanol–water partition coefficient (Wildman–Crippen LogP) is 1.91. The first-order valence-corrected chi connectivity index (χ1v) is 9.02. The van der Waals surface area contributed by atoms with Gasteiger partial charge in [-0.3, -0.25) is 9.78 Å². The van der Waals surface area contributed by atoms with Crippen LogP contribution in [0.25, 0.3) is 0 Å². The van der Waals surface area contributed by atoms with Crippen molar-refractivity contribution < 1.29 is 13.6 Å². The molecule has 2 aromatic rings. The standard InChI is InChI=1S/C18H19F2N7O/c19-13-7-12(8-22-9-13)15-1-4-24-27(15)17(28)11-2-5-26(6-3-11)18-23-10-14(20)16(21)25-18/h4,7-11,15H,1-3,5-6H2,(H2,21,23,25)/t15-/m0/s1. The molecule has 1 saturated heterocycles. The molecule has 146 valence electrons. The van der Waals surface area contributed by atoms with Gasteiger partial charge in [-0.1, -0.05) is 0 Å². The third-order valence-corrected chi connectivity index (χ3v) is 5.05. The number of anilines is 2. The van der Waals surface area contributed by atoms with Gasteiger partial charge in [-0.15, -0.1) is 0 Å². The molecule has 4 heterocycles. The number of halogens is 2. The normalized spacial score (nSPS) is 20.0. The molecule has 28 heavy (non-hydrogen) atoms. The van der Waals surface area contributed by atoms with Gasteiger partial charge in [-0.25, -0.2) is 18.8 Å². The van der Waals surface area contributed by atoms with Crippen molar-refractivity contribution in [3.8, 4) is 0 Å². The fraction of sp³-hybridized carbons (Fsp3) is 0.389. The third-order valence-electron chi connectivity index (χ3n) is 5.05. The molecule has 0 spiro atoms. The van der Waals surface area contributed by atoms with Crippen molar-refractivity contribution in [1.82, 2.24) is 20.0 Å². The summed E-state index contributed by atoms with van der Waals surface area (Å²) in [6.45, 7) is 1.09. The van der Waals surface area contributed by atoms with Gasteiger partial charge in [0.15, 0.2) is 11.6 Å². The van der Waals surface area contributed by atoms with Crippen LogP contribution in [0.4, 0.5) is 20.5 Å². The first-order valence-electron chi connectivity index (χ1n) is 9.02. The number of hydrogen-bond acceptors (Lipinski definition) is 7. The molecule has 0 aliphatic carbocycles. The number of carbonyl (C=O) groups is 1. The number of carbonyl (C=O) groups excluding carboxylic acids is 1. The molecule has 0 radical (unpaired) electrons. The number of rotatable bonds is 3. The highest BCUT2D eigenvalue weighted by Crippen LogP contribution is 2.32. The van der Waals surface area contributed by atoms with Gasteiger partial charge in [-0.2, -0.15) is 10.1 Å². The van der Waals surface area contributed by atoms with E-state index in [1.54, 1.807) is 12.4 Å². The number of hydrazone groups is 1. The fourth-order valence-electron chi connectivity index (χ4n) is 3.55. The number of nitrogens with two attached hydrogens (primary N) is 1. The summed E-state index contributed by atoms with van der Waals surface area (Å²) < 4.78 is 26.8. The van der Waals surface area contributed by atoms with Crippen LogP contribution in [-0.4, -0.2) is 45.2 Å². The summed E-state index contributed by atoms with van der Waals surface area (Å²) in [6.07, 6.45) is 7.09. The lowest BCUT2D eigenvalue weighted by Crippen LogP contribution is -2.41. The second-order valence-electron chi connectivity index (χ2n) is 6.83. The average molecular weight is 387 g/mol. The Kier molecular flexibility index (Phi) is 4.84. The van der Waals surface area contributed by atoms with E-state index in [0.717, 1.165) is 12.4 Å². The predicted molar refractivity (Wildman–Crippen MR) is 98.2 cm³/mol. The van der Waals surface area contributed by atoms with Gasteiger partial charge in [0.25, 0.3) is 0 Å². The molecule has 4 rings (SSSR count). The zero-order chi connectivity index (χ0) is 19.7. The molecule has 2 N–H and O–H groups in total. The van der Waals surface area contributed by atoms with Gasteiger partial charge < -0.3 is 10.6 Å². The molecule has 0 bridgehead atoms. The summed E-state index contributed by atoms with van der Waals surface area (Å²) in [7, 11) is 0. The van der Waals surface area contributed by atoms with Gasteiger partial charge in [0.1, 0.15) is 5.82 Å². The summed E-state index contributed by atoms with van der Waals surface area (Å²) in [4.78, 5) is 26.7. The van der Waals surface area contributed by atoms with E-state index < -0.39 is 11.6 Å². The Hall–Kier alpha value is -3.17. The highest BCUT2D eigenvalue weighted by Gasteiger charge is 2.35. The van der Waals surface area contributed by atoms with Gasteiger partial charge in [0.2, 0.25) is 11.9 Å². The van der Waals surface area contributed by atoms with Crippen LogP contribution in [0.2, 0.25) is 0 Å². The first kappa shape index (κ1) is 18.2. The minimum Gasteiger partial charge on any atom is -0.381 e. The molecule has 2 aromatic heterocycles. The molecule has 0 saturated carbocycles. The van der Waals surface area contributed by atoms with Crippen LogP contribution in [0, 0.1) is 17.6 Å². The lowest BCUT2D eigenvalue weighted by atomic mass is 9.94. The summed E-state index contributed by atoms with van der Waals surface area (Å²) in [5.41, 5.74) is 6.13. The van der Waals surface area contributed by atoms with Crippen LogP contribution in [0.3, 0.4) is 0 Å². The molecule has 0 aromatic carbocycles. The quantitative estimate of drug-likeness (QED) is 0.863. The monoisotopic (exact) mass is 387 g/mol. The smallest absolute Gasteiger partial charge is 0.246 e. The van der Waals surface area contributed by atoms with Crippen LogP contribution in [-0.2, 0) is 4.79 Å². The van der Waals surface area contributed by atoms with E-state index in [4.69, 9.17) is 5.73 Å². The summed E-state index contributed by atoms with van der Waals surface area (Å²) in [6, 6.07) is 1.04. The molecule has 0 unspecified atom stereocenters. The van der Waals surface area contributed by atoms with Crippen LogP contribution >= 0.6 is 0 Å². The Balaban J connectivity index is 1.42. The highest BCUT2D eigenvalue weighted by molar-refractivity contribution is 5.82. The maximum atomic E-state index is 13.5. The summed E-state index contributed by atoms with van der Waals surface area (Å²) >= 11 is 0. The molecular formula is C18H19F2N7O. The highest BCUT2D eigenvalue weighted by atomic mass is 19.1. The second kappa shape index (κ2) is 7.45. The van der Waals surface area contributed by atoms with Crippen molar-refractivity contribution in [3.63, 3.8) is 0 Å². The molecule has 2 aliphatic rings. The van der Waals surface area contributed by atoms with Crippen LogP contribution < -0.4 is 10.6 Å². The minimum absolute atomic E-state index is 0.0952. The molecule has 10 heteroatoms. The Bertz CT molecular complexity index is 915. The lowest BCUT2D eigenvalue weighted by molar-refractivity contribution is -0.138. The maximum Gasteiger partial charge on any atom is 0.246 e. The van der Waals surface area contributed by atoms with Crippen molar-refractivity contribution in [1.29, 1.82) is 0 Å². The number of hydrogen-bond donors (Lipinski definition) is 1. The summed E-state index contributed by atoms with van der Waals surface area (Å²) in [5.74, 6) is -1.24. The largest absolute Gasteiger partial charge is 0.381 e. The third kappa shape index (κ3) is 3.49. The number of piperidine rings is 1. The van der Waals surface area contributed by atoms with Crippen molar-refractivity contribution in [2.45, 2.75) is 25.3 Å². The van der Waals surface area contributed by atoms with E-state index in [2.05, 4.69) is 20.1 Å². The number of nitrogen functional groups attached to an aromatic ring is 1. The maximum absolute atomic E-state index is 13.5. The number of aromatic nitrogens is 3. The zero-order valence-corrected chi connectivity index (χ0v) is 15.0. The van der Waals surface area contributed by atoms with E-state index in [9.17, 15) is 13.6 Å². The number of nitrogens with zero attached hydrogens (tertiary/aromatic N) is 6. The SMILES string of the molecule is Nc1nc(N2CCC(C(=O)N3N=CC[C@H]3c3cncc(F)c3)CC2)ncc1F. The average Bonchev–Trinajstić information content (AvgIpc) is 3.19. The molecule has 1 fully saturated rings. The van der Waals surface area contributed by atoms with Gasteiger partial charge in [0.05, 0.1) is 18.4 Å². The minimum atomic E-state index is -0.654. The van der Waals surface area contributed by atoms with Crippen molar-refractivity contribution in [2.24, 2.45) is 11.0 Å². The van der Waals surface area contributed by atoms with Crippen molar-refractivity contribution in [3.05, 3.63) is 41.9 Å². The molecule has 1 amide bonds. The molecule has 2 aliphatic heterocycles. The van der Waals surface area contributed by atoms with Crippen LogP contribution in [0.15, 0.2) is 29.8 Å². The van der Waals surface area contributed by atoms with Gasteiger partial charge in [0, 0.05) is 37.8 Å². The second-order valence-corrected chi connectivity index (χ2v) is 6.83. The van der Waals surface area contributed by atoms with Gasteiger partial charge >= 0.3 is 0 Å². The zero-order valence-electron chi connectivity index (χ0n) is 15.0. The van der Waals surface area contributed by atoms with Crippen LogP contribution in [0.1, 0.15) is 30.9 Å². The number of amides is 1. The number of pyridine rings is 1. The van der Waals surface area contributed by atoms with Gasteiger partial charge in [-0.05, 0) is 24.5 Å². The Morgan fingerprint density at radius 2 is 1.96 bits per heavy atom. The van der Waals surface area contributed by atoms with Crippen LogP contribution in [0.5, 0.6) is 0 Å². The Morgan fingerprint density at radius 1 is 1.18 bits per heavy atom. The topological polar surface area (TPSA) is 101 Å². The lowest BCUT2D eigenvalue weighted by Gasteiger charge is -2.33. The van der Waals surface area contributed by atoms with E-state index in [0.29, 0.717) is 43.9 Å².